The molecule has 0 heterocycles. The number of unbranched alkanes of at least 4 members (excludes halogenated alkanes) is 4. The maximum atomic E-state index is 2.41. The van der Waals surface area contributed by atoms with Crippen LogP contribution in [-0.4, -0.2) is 0 Å². The zero-order valence-corrected chi connectivity index (χ0v) is 11.1. The summed E-state index contributed by atoms with van der Waals surface area (Å²) < 4.78 is 0. The average molecular weight is 210 g/mol. The molecule has 0 aliphatic heterocycles. The Hall–Kier alpha value is -0.260. The third kappa shape index (κ3) is 10.0. The summed E-state index contributed by atoms with van der Waals surface area (Å²) in [7, 11) is 0. The van der Waals surface area contributed by atoms with Gasteiger partial charge in [-0.05, 0) is 25.2 Å². The van der Waals surface area contributed by atoms with E-state index in [1.165, 1.54) is 57.8 Å². The second kappa shape index (κ2) is 11.8. The van der Waals surface area contributed by atoms with Crippen molar-refractivity contribution in [3.63, 3.8) is 0 Å². The first-order valence-electron chi connectivity index (χ1n) is 7.00. The van der Waals surface area contributed by atoms with E-state index in [9.17, 15) is 0 Å². The SMILES string of the molecule is CCCCCCC=CCC(CC)CCC. The van der Waals surface area contributed by atoms with Crippen molar-refractivity contribution in [1.29, 1.82) is 0 Å². The highest BCUT2D eigenvalue weighted by molar-refractivity contribution is 4.83. The molecule has 0 aromatic rings. The highest BCUT2D eigenvalue weighted by Crippen LogP contribution is 2.15. The molecule has 0 amide bonds. The minimum absolute atomic E-state index is 0.932. The smallest absolute Gasteiger partial charge is 0.0322 e. The quantitative estimate of drug-likeness (QED) is 0.319. The Balaban J connectivity index is 3.34. The molecule has 0 saturated heterocycles. The lowest BCUT2D eigenvalue weighted by Crippen LogP contribution is -1.95. The van der Waals surface area contributed by atoms with Crippen molar-refractivity contribution in [2.45, 2.75) is 78.6 Å². The van der Waals surface area contributed by atoms with Crippen LogP contribution in [0.4, 0.5) is 0 Å². The summed E-state index contributed by atoms with van der Waals surface area (Å²) in [5.41, 5.74) is 0. The van der Waals surface area contributed by atoms with Gasteiger partial charge in [0.05, 0.1) is 0 Å². The van der Waals surface area contributed by atoms with Gasteiger partial charge in [-0.25, -0.2) is 0 Å². The number of rotatable bonds is 10. The first-order chi connectivity index (χ1) is 7.35. The molecule has 0 aromatic heterocycles. The fourth-order valence-corrected chi connectivity index (χ4v) is 1.99. The lowest BCUT2D eigenvalue weighted by molar-refractivity contribution is 0.470. The van der Waals surface area contributed by atoms with E-state index >= 15 is 0 Å². The molecule has 0 aliphatic carbocycles. The van der Waals surface area contributed by atoms with Crippen LogP contribution in [-0.2, 0) is 0 Å². The van der Waals surface area contributed by atoms with Crippen LogP contribution in [0.2, 0.25) is 0 Å². The Morgan fingerprint density at radius 2 is 1.67 bits per heavy atom. The van der Waals surface area contributed by atoms with Gasteiger partial charge in [0.15, 0.2) is 0 Å². The molecule has 0 heteroatoms. The Morgan fingerprint density at radius 3 is 2.27 bits per heavy atom. The number of hydrogen-bond donors (Lipinski definition) is 0. The highest BCUT2D eigenvalue weighted by atomic mass is 14.1. The summed E-state index contributed by atoms with van der Waals surface area (Å²) in [6, 6.07) is 0. The van der Waals surface area contributed by atoms with Gasteiger partial charge in [-0.2, -0.15) is 0 Å². The normalized spacial score (nSPS) is 13.5. The van der Waals surface area contributed by atoms with E-state index < -0.39 is 0 Å². The topological polar surface area (TPSA) is 0 Å². The van der Waals surface area contributed by atoms with Crippen molar-refractivity contribution in [3.05, 3.63) is 12.2 Å². The summed E-state index contributed by atoms with van der Waals surface area (Å²) in [5, 5.41) is 0. The van der Waals surface area contributed by atoms with Crippen LogP contribution in [0.25, 0.3) is 0 Å². The van der Waals surface area contributed by atoms with Crippen molar-refractivity contribution in [1.82, 2.24) is 0 Å². The summed E-state index contributed by atoms with van der Waals surface area (Å²) in [5.74, 6) is 0.932. The Labute approximate surface area is 97.2 Å². The summed E-state index contributed by atoms with van der Waals surface area (Å²) in [6.07, 6.45) is 17.0. The molecule has 0 saturated carbocycles. The Bertz CT molecular complexity index is 135. The van der Waals surface area contributed by atoms with Crippen LogP contribution in [0, 0.1) is 5.92 Å². The maximum absolute atomic E-state index is 2.41. The summed E-state index contributed by atoms with van der Waals surface area (Å²) in [4.78, 5) is 0. The molecular weight excluding hydrogens is 180 g/mol. The molecule has 0 bridgehead atoms. The van der Waals surface area contributed by atoms with E-state index in [4.69, 9.17) is 0 Å². The third-order valence-electron chi connectivity index (χ3n) is 3.13. The van der Waals surface area contributed by atoms with E-state index in [2.05, 4.69) is 32.9 Å². The fourth-order valence-electron chi connectivity index (χ4n) is 1.99. The highest BCUT2D eigenvalue weighted by Gasteiger charge is 2.01. The second-order valence-corrected chi connectivity index (χ2v) is 4.62. The average Bonchev–Trinajstić information content (AvgIpc) is 2.26. The molecule has 0 N–H and O–H groups in total. The molecule has 0 aliphatic rings. The molecule has 0 aromatic carbocycles. The third-order valence-corrected chi connectivity index (χ3v) is 3.13. The molecular formula is C15H30. The van der Waals surface area contributed by atoms with Gasteiger partial charge in [-0.1, -0.05) is 71.4 Å². The van der Waals surface area contributed by atoms with Crippen LogP contribution in [0.15, 0.2) is 12.2 Å². The van der Waals surface area contributed by atoms with Gasteiger partial charge in [0.1, 0.15) is 0 Å². The van der Waals surface area contributed by atoms with Crippen molar-refractivity contribution >= 4 is 0 Å². The second-order valence-electron chi connectivity index (χ2n) is 4.62. The molecule has 90 valence electrons. The van der Waals surface area contributed by atoms with Crippen LogP contribution in [0.3, 0.4) is 0 Å². The molecule has 0 spiro atoms. The van der Waals surface area contributed by atoms with E-state index in [0.29, 0.717) is 0 Å². The Morgan fingerprint density at radius 1 is 0.867 bits per heavy atom. The minimum Gasteiger partial charge on any atom is -0.0885 e. The zero-order valence-electron chi connectivity index (χ0n) is 11.1. The zero-order chi connectivity index (χ0) is 11.4. The van der Waals surface area contributed by atoms with Crippen molar-refractivity contribution < 1.29 is 0 Å². The Kier molecular flexibility index (Phi) is 11.6. The first kappa shape index (κ1) is 14.7. The van der Waals surface area contributed by atoms with Gasteiger partial charge in [0.25, 0.3) is 0 Å². The molecule has 0 rings (SSSR count). The number of allylic oxidation sites excluding steroid dienone is 2. The predicted molar refractivity (Wildman–Crippen MR) is 71.2 cm³/mol. The molecule has 0 fully saturated rings. The van der Waals surface area contributed by atoms with Crippen LogP contribution in [0.5, 0.6) is 0 Å². The lowest BCUT2D eigenvalue weighted by Gasteiger charge is -2.09. The van der Waals surface area contributed by atoms with E-state index in [1.54, 1.807) is 0 Å². The molecule has 15 heavy (non-hydrogen) atoms. The minimum atomic E-state index is 0.932. The fraction of sp³-hybridized carbons (Fsp3) is 0.867. The maximum Gasteiger partial charge on any atom is -0.0322 e. The van der Waals surface area contributed by atoms with E-state index in [0.717, 1.165) is 5.92 Å². The molecule has 0 nitrogen and oxygen atoms in total. The van der Waals surface area contributed by atoms with E-state index in [1.807, 2.05) is 0 Å². The van der Waals surface area contributed by atoms with Gasteiger partial charge in [0.2, 0.25) is 0 Å². The summed E-state index contributed by atoms with van der Waals surface area (Å²) >= 11 is 0. The van der Waals surface area contributed by atoms with Crippen LogP contribution in [0.1, 0.15) is 78.6 Å². The molecule has 0 radical (unpaired) electrons. The number of hydrogen-bond acceptors (Lipinski definition) is 0. The van der Waals surface area contributed by atoms with Gasteiger partial charge >= 0.3 is 0 Å². The van der Waals surface area contributed by atoms with E-state index in [-0.39, 0.29) is 0 Å². The first-order valence-corrected chi connectivity index (χ1v) is 7.00. The van der Waals surface area contributed by atoms with Crippen molar-refractivity contribution in [3.8, 4) is 0 Å². The molecule has 1 unspecified atom stereocenters. The lowest BCUT2D eigenvalue weighted by atomic mass is 9.97. The van der Waals surface area contributed by atoms with Crippen molar-refractivity contribution in [2.75, 3.05) is 0 Å². The predicted octanol–water partition coefficient (Wildman–Crippen LogP) is 5.73. The monoisotopic (exact) mass is 210 g/mol. The largest absolute Gasteiger partial charge is 0.0885 e. The van der Waals surface area contributed by atoms with Gasteiger partial charge in [-0.3, -0.25) is 0 Å². The van der Waals surface area contributed by atoms with Crippen molar-refractivity contribution in [2.24, 2.45) is 5.92 Å². The molecule has 1 atom stereocenters. The van der Waals surface area contributed by atoms with Crippen LogP contribution >= 0.6 is 0 Å². The summed E-state index contributed by atoms with van der Waals surface area (Å²) in [6.45, 7) is 6.87. The van der Waals surface area contributed by atoms with Gasteiger partial charge < -0.3 is 0 Å². The van der Waals surface area contributed by atoms with Gasteiger partial charge in [-0.15, -0.1) is 0 Å². The standard InChI is InChI=1S/C15H30/c1-4-7-8-9-10-11-12-14-15(6-3)13-5-2/h11-12,15H,4-10,13-14H2,1-3H3. The van der Waals surface area contributed by atoms with Gasteiger partial charge in [0, 0.05) is 0 Å². The van der Waals surface area contributed by atoms with Crippen LogP contribution < -0.4 is 0 Å².